The third kappa shape index (κ3) is 4.25. The van der Waals surface area contributed by atoms with Crippen molar-refractivity contribution >= 4 is 11.9 Å². The SMILES string of the molecule is CCc1[nH]c(=O)c(C(=O)N2CCC[C@@H]2c2nc(N(C)C)ncc2-c2ccncc2C)cc1C. The predicted molar refractivity (Wildman–Crippen MR) is 129 cm³/mol. The minimum absolute atomic E-state index is 0.181. The molecule has 1 N–H and O–H groups in total. The molecule has 4 heterocycles. The molecule has 0 aromatic carbocycles. The lowest BCUT2D eigenvalue weighted by Crippen LogP contribution is -2.35. The third-order valence-electron chi connectivity index (χ3n) is 6.28. The summed E-state index contributed by atoms with van der Waals surface area (Å²) in [5.74, 6) is 0.327. The molecular weight excluding hydrogens is 416 g/mol. The maximum Gasteiger partial charge on any atom is 0.261 e. The topological polar surface area (TPSA) is 95.1 Å². The molecule has 172 valence electrons. The van der Waals surface area contributed by atoms with Gasteiger partial charge in [-0.2, -0.15) is 0 Å². The summed E-state index contributed by atoms with van der Waals surface area (Å²) in [5.41, 5.74) is 5.31. The number of amides is 1. The number of aromatic nitrogens is 4. The van der Waals surface area contributed by atoms with Gasteiger partial charge in [0.2, 0.25) is 5.95 Å². The Morgan fingerprint density at radius 1 is 1.21 bits per heavy atom. The summed E-state index contributed by atoms with van der Waals surface area (Å²) in [6, 6.07) is 3.42. The lowest BCUT2D eigenvalue weighted by atomic mass is 9.97. The van der Waals surface area contributed by atoms with Crippen molar-refractivity contribution in [2.45, 2.75) is 46.1 Å². The molecule has 0 unspecified atom stereocenters. The van der Waals surface area contributed by atoms with Crippen LogP contribution in [0.1, 0.15) is 58.7 Å². The number of anilines is 1. The Kier molecular flexibility index (Phi) is 6.26. The van der Waals surface area contributed by atoms with E-state index in [1.165, 1.54) is 0 Å². The number of likely N-dealkylation sites (tertiary alicyclic amines) is 1. The van der Waals surface area contributed by atoms with Crippen LogP contribution in [-0.2, 0) is 6.42 Å². The molecule has 8 heteroatoms. The van der Waals surface area contributed by atoms with Crippen LogP contribution in [0.2, 0.25) is 0 Å². The van der Waals surface area contributed by atoms with Crippen LogP contribution >= 0.6 is 0 Å². The number of rotatable bonds is 5. The second-order valence-corrected chi connectivity index (χ2v) is 8.74. The molecule has 33 heavy (non-hydrogen) atoms. The normalized spacial score (nSPS) is 15.7. The van der Waals surface area contributed by atoms with Gasteiger partial charge >= 0.3 is 0 Å². The zero-order valence-corrected chi connectivity index (χ0v) is 19.8. The molecule has 1 amide bonds. The van der Waals surface area contributed by atoms with E-state index in [4.69, 9.17) is 4.98 Å². The van der Waals surface area contributed by atoms with E-state index in [-0.39, 0.29) is 23.1 Å². The monoisotopic (exact) mass is 446 g/mol. The third-order valence-corrected chi connectivity index (χ3v) is 6.28. The summed E-state index contributed by atoms with van der Waals surface area (Å²) < 4.78 is 0. The number of carbonyl (C=O) groups excluding carboxylic acids is 1. The van der Waals surface area contributed by atoms with Crippen molar-refractivity contribution in [3.05, 3.63) is 69.2 Å². The molecule has 1 fully saturated rings. The van der Waals surface area contributed by atoms with Crippen molar-refractivity contribution in [2.24, 2.45) is 0 Å². The number of H-pyrrole nitrogens is 1. The number of aromatic amines is 1. The van der Waals surface area contributed by atoms with Crippen LogP contribution in [0.15, 0.2) is 35.5 Å². The van der Waals surface area contributed by atoms with Gasteiger partial charge < -0.3 is 14.8 Å². The first-order valence-electron chi connectivity index (χ1n) is 11.3. The second-order valence-electron chi connectivity index (χ2n) is 8.74. The van der Waals surface area contributed by atoms with Crippen LogP contribution in [0.25, 0.3) is 11.1 Å². The van der Waals surface area contributed by atoms with Gasteiger partial charge in [0.1, 0.15) is 5.56 Å². The molecule has 0 spiro atoms. The molecule has 0 aliphatic carbocycles. The zero-order chi connectivity index (χ0) is 23.7. The molecule has 3 aromatic heterocycles. The van der Waals surface area contributed by atoms with Crippen molar-refractivity contribution in [1.82, 2.24) is 24.8 Å². The van der Waals surface area contributed by atoms with E-state index in [1.807, 2.05) is 58.2 Å². The van der Waals surface area contributed by atoms with Crippen molar-refractivity contribution in [2.75, 3.05) is 25.5 Å². The summed E-state index contributed by atoms with van der Waals surface area (Å²) in [6.07, 6.45) is 7.72. The number of carbonyl (C=O) groups is 1. The van der Waals surface area contributed by atoms with Crippen molar-refractivity contribution in [3.63, 3.8) is 0 Å². The van der Waals surface area contributed by atoms with E-state index < -0.39 is 0 Å². The lowest BCUT2D eigenvalue weighted by molar-refractivity contribution is 0.0731. The largest absolute Gasteiger partial charge is 0.347 e. The second kappa shape index (κ2) is 9.13. The van der Waals surface area contributed by atoms with Crippen molar-refractivity contribution in [3.8, 4) is 11.1 Å². The van der Waals surface area contributed by atoms with Crippen LogP contribution in [-0.4, -0.2) is 51.4 Å². The number of pyridine rings is 2. The van der Waals surface area contributed by atoms with E-state index >= 15 is 0 Å². The number of nitrogens with one attached hydrogen (secondary N) is 1. The van der Waals surface area contributed by atoms with Gasteiger partial charge in [0.05, 0.1) is 11.7 Å². The molecule has 8 nitrogen and oxygen atoms in total. The van der Waals surface area contributed by atoms with Gasteiger partial charge in [-0.25, -0.2) is 9.97 Å². The lowest BCUT2D eigenvalue weighted by Gasteiger charge is -2.27. The number of nitrogens with zero attached hydrogens (tertiary/aromatic N) is 5. The van der Waals surface area contributed by atoms with E-state index in [0.29, 0.717) is 18.9 Å². The Bertz CT molecular complexity index is 1250. The van der Waals surface area contributed by atoms with Gasteiger partial charge in [0, 0.05) is 50.5 Å². The number of hydrogen-bond donors (Lipinski definition) is 1. The Hall–Kier alpha value is -3.55. The molecular formula is C25H30N6O2. The standard InChI is InChI=1S/C25H30N6O2/c1-6-20-15(2)12-18(23(32)28-20)24(33)31-11-7-8-21(31)22-19(14-27-25(29-22)30(4)5)17-9-10-26-13-16(17)3/h9-10,12-14,21H,6-8,11H2,1-5H3,(H,28,32)/t21-/m1/s1. The number of hydrogen-bond acceptors (Lipinski definition) is 6. The quantitative estimate of drug-likeness (QED) is 0.645. The Balaban J connectivity index is 1.81. The maximum atomic E-state index is 13.6. The van der Waals surface area contributed by atoms with Gasteiger partial charge in [-0.3, -0.25) is 14.6 Å². The minimum atomic E-state index is -0.338. The fourth-order valence-corrected chi connectivity index (χ4v) is 4.48. The molecule has 1 atom stereocenters. The highest BCUT2D eigenvalue weighted by Gasteiger charge is 2.35. The van der Waals surface area contributed by atoms with Gasteiger partial charge in [-0.15, -0.1) is 0 Å². The Labute approximate surface area is 193 Å². The summed E-state index contributed by atoms with van der Waals surface area (Å²) in [6.45, 7) is 6.48. The molecule has 0 bridgehead atoms. The molecule has 1 aliphatic rings. The Morgan fingerprint density at radius 2 is 2.00 bits per heavy atom. The summed E-state index contributed by atoms with van der Waals surface area (Å²) in [7, 11) is 3.79. The average molecular weight is 447 g/mol. The van der Waals surface area contributed by atoms with Crippen LogP contribution in [0.4, 0.5) is 5.95 Å². The maximum absolute atomic E-state index is 13.6. The molecule has 0 saturated carbocycles. The summed E-state index contributed by atoms with van der Waals surface area (Å²) >= 11 is 0. The zero-order valence-electron chi connectivity index (χ0n) is 19.8. The minimum Gasteiger partial charge on any atom is -0.347 e. The van der Waals surface area contributed by atoms with Gasteiger partial charge in [0.25, 0.3) is 11.5 Å². The van der Waals surface area contributed by atoms with Gasteiger partial charge in [-0.05, 0) is 61.9 Å². The first-order chi connectivity index (χ1) is 15.8. The van der Waals surface area contributed by atoms with Crippen LogP contribution in [0.5, 0.6) is 0 Å². The highest BCUT2D eigenvalue weighted by Crippen LogP contribution is 2.38. The van der Waals surface area contributed by atoms with Gasteiger partial charge in [-0.1, -0.05) is 6.92 Å². The highest BCUT2D eigenvalue weighted by atomic mass is 16.2. The summed E-state index contributed by atoms with van der Waals surface area (Å²) in [5, 5.41) is 0. The van der Waals surface area contributed by atoms with Crippen LogP contribution < -0.4 is 10.5 Å². The van der Waals surface area contributed by atoms with E-state index in [0.717, 1.165) is 46.5 Å². The molecule has 1 aliphatic heterocycles. The Morgan fingerprint density at radius 3 is 2.70 bits per heavy atom. The fraction of sp³-hybridized carbons (Fsp3) is 0.400. The summed E-state index contributed by atoms with van der Waals surface area (Å²) in [4.78, 5) is 46.4. The van der Waals surface area contributed by atoms with Crippen LogP contribution in [0.3, 0.4) is 0 Å². The van der Waals surface area contributed by atoms with Crippen molar-refractivity contribution in [1.29, 1.82) is 0 Å². The van der Waals surface area contributed by atoms with Crippen LogP contribution in [0, 0.1) is 13.8 Å². The highest BCUT2D eigenvalue weighted by molar-refractivity contribution is 5.94. The number of aryl methyl sites for hydroxylation is 3. The molecule has 3 aromatic rings. The smallest absolute Gasteiger partial charge is 0.261 e. The van der Waals surface area contributed by atoms with E-state index in [1.54, 1.807) is 17.2 Å². The molecule has 4 rings (SSSR count). The van der Waals surface area contributed by atoms with E-state index in [9.17, 15) is 9.59 Å². The fourth-order valence-electron chi connectivity index (χ4n) is 4.48. The molecule has 0 radical (unpaired) electrons. The van der Waals surface area contributed by atoms with E-state index in [2.05, 4.69) is 15.0 Å². The predicted octanol–water partition coefficient (Wildman–Crippen LogP) is 3.45. The first kappa shape index (κ1) is 22.6. The first-order valence-corrected chi connectivity index (χ1v) is 11.3. The molecule has 1 saturated heterocycles. The van der Waals surface area contributed by atoms with Crippen molar-refractivity contribution < 1.29 is 4.79 Å². The average Bonchev–Trinajstić information content (AvgIpc) is 3.29. The van der Waals surface area contributed by atoms with Gasteiger partial charge in [0.15, 0.2) is 0 Å².